The molecule has 1 aromatic carbocycles. The number of nitrogens with two attached hydrogens (primary N) is 1. The van der Waals surface area contributed by atoms with Crippen LogP contribution < -0.4 is 10.5 Å². The molecular formula is C19H23N3O4. The van der Waals surface area contributed by atoms with Crippen molar-refractivity contribution in [1.82, 2.24) is 4.98 Å². The average molecular weight is 357 g/mol. The summed E-state index contributed by atoms with van der Waals surface area (Å²) >= 11 is 0. The SMILES string of the molecule is NC(CCCC/N=C\c1c(O)cccc1OCc1ccccn1)C(=O)O. The van der Waals surface area contributed by atoms with Crippen LogP contribution in [0.5, 0.6) is 11.5 Å². The van der Waals surface area contributed by atoms with Gasteiger partial charge in [0.05, 0.1) is 11.3 Å². The Hall–Kier alpha value is -2.93. The van der Waals surface area contributed by atoms with E-state index < -0.39 is 12.0 Å². The van der Waals surface area contributed by atoms with E-state index in [4.69, 9.17) is 15.6 Å². The number of unbranched alkanes of at least 4 members (excludes halogenated alkanes) is 1. The predicted octanol–water partition coefficient (Wildman–Crippen LogP) is 2.37. The molecule has 138 valence electrons. The molecule has 2 aromatic rings. The fraction of sp³-hybridized carbons (Fsp3) is 0.316. The van der Waals surface area contributed by atoms with Crippen molar-refractivity contribution in [2.45, 2.75) is 31.9 Å². The third-order valence-electron chi connectivity index (χ3n) is 3.73. The minimum Gasteiger partial charge on any atom is -0.507 e. The number of rotatable bonds is 10. The summed E-state index contributed by atoms with van der Waals surface area (Å²) in [5, 5.41) is 18.8. The van der Waals surface area contributed by atoms with E-state index >= 15 is 0 Å². The van der Waals surface area contributed by atoms with Gasteiger partial charge in [-0.15, -0.1) is 0 Å². The maximum absolute atomic E-state index is 10.6. The Morgan fingerprint density at radius 2 is 2.12 bits per heavy atom. The lowest BCUT2D eigenvalue weighted by atomic mass is 10.1. The zero-order chi connectivity index (χ0) is 18.8. The molecule has 1 atom stereocenters. The summed E-state index contributed by atoms with van der Waals surface area (Å²) in [5.74, 6) is -0.384. The highest BCUT2D eigenvalue weighted by Crippen LogP contribution is 2.26. The fourth-order valence-electron chi connectivity index (χ4n) is 2.27. The van der Waals surface area contributed by atoms with Crippen LogP contribution in [0.3, 0.4) is 0 Å². The van der Waals surface area contributed by atoms with E-state index in [1.807, 2.05) is 18.2 Å². The third kappa shape index (κ3) is 6.18. The van der Waals surface area contributed by atoms with Crippen LogP contribution in [0.4, 0.5) is 0 Å². The lowest BCUT2D eigenvalue weighted by Gasteiger charge is -2.10. The van der Waals surface area contributed by atoms with Gasteiger partial charge in [-0.25, -0.2) is 0 Å². The minimum atomic E-state index is -0.989. The molecule has 0 aliphatic heterocycles. The number of aliphatic carboxylic acids is 1. The highest BCUT2D eigenvalue weighted by molar-refractivity contribution is 5.87. The second-order valence-corrected chi connectivity index (χ2v) is 5.77. The van der Waals surface area contributed by atoms with E-state index in [9.17, 15) is 9.90 Å². The molecule has 2 rings (SSSR count). The first-order chi connectivity index (χ1) is 12.6. The van der Waals surface area contributed by atoms with E-state index in [2.05, 4.69) is 9.98 Å². The first-order valence-corrected chi connectivity index (χ1v) is 8.41. The van der Waals surface area contributed by atoms with Gasteiger partial charge in [0.2, 0.25) is 0 Å². The molecule has 1 unspecified atom stereocenters. The summed E-state index contributed by atoms with van der Waals surface area (Å²) in [6.07, 6.45) is 5.07. The molecule has 0 saturated carbocycles. The molecule has 0 saturated heterocycles. The van der Waals surface area contributed by atoms with Crippen LogP contribution in [0.1, 0.15) is 30.5 Å². The number of carboxylic acid groups (broad SMARTS) is 1. The number of carbonyl (C=O) groups is 1. The smallest absolute Gasteiger partial charge is 0.320 e. The number of aromatic nitrogens is 1. The number of hydrogen-bond donors (Lipinski definition) is 3. The zero-order valence-corrected chi connectivity index (χ0v) is 14.4. The number of phenolic OH excluding ortho intramolecular Hbond substituents is 1. The lowest BCUT2D eigenvalue weighted by Crippen LogP contribution is -2.29. The van der Waals surface area contributed by atoms with Crippen molar-refractivity contribution >= 4 is 12.2 Å². The highest BCUT2D eigenvalue weighted by atomic mass is 16.5. The Labute approximate surface area is 152 Å². The maximum Gasteiger partial charge on any atom is 0.320 e. The molecule has 0 aliphatic rings. The average Bonchev–Trinajstić information content (AvgIpc) is 2.64. The van der Waals surface area contributed by atoms with Gasteiger partial charge in [0, 0.05) is 19.0 Å². The molecule has 1 aromatic heterocycles. The highest BCUT2D eigenvalue weighted by Gasteiger charge is 2.10. The van der Waals surface area contributed by atoms with Crippen molar-refractivity contribution in [2.24, 2.45) is 10.7 Å². The first kappa shape index (κ1) is 19.4. The van der Waals surface area contributed by atoms with Crippen molar-refractivity contribution in [1.29, 1.82) is 0 Å². The quantitative estimate of drug-likeness (QED) is 0.444. The summed E-state index contributed by atoms with van der Waals surface area (Å²) in [6.45, 7) is 0.804. The number of carboxylic acids is 1. The Balaban J connectivity index is 1.88. The molecule has 0 spiro atoms. The van der Waals surface area contributed by atoms with Gasteiger partial charge in [-0.2, -0.15) is 0 Å². The minimum absolute atomic E-state index is 0.0835. The van der Waals surface area contributed by atoms with Crippen LogP contribution in [-0.2, 0) is 11.4 Å². The van der Waals surface area contributed by atoms with Crippen molar-refractivity contribution < 1.29 is 19.7 Å². The lowest BCUT2D eigenvalue weighted by molar-refractivity contribution is -0.138. The van der Waals surface area contributed by atoms with Gasteiger partial charge in [-0.3, -0.25) is 14.8 Å². The number of pyridine rings is 1. The Kier molecular flexibility index (Phi) is 7.57. The molecule has 26 heavy (non-hydrogen) atoms. The van der Waals surface area contributed by atoms with Gasteiger partial charge in [-0.05, 0) is 43.5 Å². The first-order valence-electron chi connectivity index (χ1n) is 8.41. The number of aliphatic imine (C=N–C) groups is 1. The van der Waals surface area contributed by atoms with Gasteiger partial charge in [0.25, 0.3) is 0 Å². The number of aromatic hydroxyl groups is 1. The molecule has 0 radical (unpaired) electrons. The number of benzene rings is 1. The second kappa shape index (κ2) is 10.1. The summed E-state index contributed by atoms with van der Waals surface area (Å²) < 4.78 is 5.74. The third-order valence-corrected chi connectivity index (χ3v) is 3.73. The number of hydrogen-bond acceptors (Lipinski definition) is 6. The zero-order valence-electron chi connectivity index (χ0n) is 14.4. The summed E-state index contributed by atoms with van der Waals surface area (Å²) in [6, 6.07) is 9.78. The van der Waals surface area contributed by atoms with E-state index in [-0.39, 0.29) is 12.4 Å². The van der Waals surface area contributed by atoms with Crippen molar-refractivity contribution in [2.75, 3.05) is 6.54 Å². The van der Waals surface area contributed by atoms with E-state index in [0.29, 0.717) is 30.7 Å². The summed E-state index contributed by atoms with van der Waals surface area (Å²) in [7, 11) is 0. The van der Waals surface area contributed by atoms with Crippen LogP contribution >= 0.6 is 0 Å². The number of nitrogens with zero attached hydrogens (tertiary/aromatic N) is 2. The summed E-state index contributed by atoms with van der Waals surface area (Å²) in [4.78, 5) is 19.1. The Morgan fingerprint density at radius 1 is 1.27 bits per heavy atom. The molecule has 4 N–H and O–H groups in total. The monoisotopic (exact) mass is 357 g/mol. The number of ether oxygens (including phenoxy) is 1. The van der Waals surface area contributed by atoms with E-state index in [1.54, 1.807) is 30.6 Å². The standard InChI is InChI=1S/C19H23N3O4/c20-16(19(24)25)7-2-3-10-21-12-15-17(23)8-5-9-18(15)26-13-14-6-1-4-11-22-14/h1,4-6,8-9,11-12,16,23H,2-3,7,10,13,20H2,(H,24,25)/b21-12-. The Morgan fingerprint density at radius 3 is 2.85 bits per heavy atom. The normalized spacial score (nSPS) is 12.2. The predicted molar refractivity (Wildman–Crippen MR) is 98.6 cm³/mol. The van der Waals surface area contributed by atoms with Crippen LogP contribution in [0.15, 0.2) is 47.6 Å². The van der Waals surface area contributed by atoms with Crippen molar-refractivity contribution in [3.05, 3.63) is 53.9 Å². The second-order valence-electron chi connectivity index (χ2n) is 5.77. The van der Waals surface area contributed by atoms with Crippen LogP contribution in [0.2, 0.25) is 0 Å². The molecule has 0 bridgehead atoms. The maximum atomic E-state index is 10.6. The topological polar surface area (TPSA) is 118 Å². The van der Waals surface area contributed by atoms with Gasteiger partial charge >= 0.3 is 5.97 Å². The molecule has 1 heterocycles. The molecule has 0 aliphatic carbocycles. The van der Waals surface area contributed by atoms with Crippen LogP contribution in [-0.4, -0.2) is 40.0 Å². The molecule has 7 nitrogen and oxygen atoms in total. The molecule has 0 amide bonds. The van der Waals surface area contributed by atoms with Gasteiger partial charge in [0.15, 0.2) is 0 Å². The van der Waals surface area contributed by atoms with Gasteiger partial charge in [-0.1, -0.05) is 12.1 Å². The van der Waals surface area contributed by atoms with E-state index in [0.717, 1.165) is 12.1 Å². The van der Waals surface area contributed by atoms with Gasteiger partial charge < -0.3 is 20.7 Å². The molecular weight excluding hydrogens is 334 g/mol. The number of phenols is 1. The van der Waals surface area contributed by atoms with Crippen molar-refractivity contribution in [3.63, 3.8) is 0 Å². The Bertz CT molecular complexity index is 735. The molecule has 7 heteroatoms. The summed E-state index contributed by atoms with van der Waals surface area (Å²) in [5.41, 5.74) is 6.74. The molecule has 0 fully saturated rings. The van der Waals surface area contributed by atoms with Crippen LogP contribution in [0.25, 0.3) is 0 Å². The van der Waals surface area contributed by atoms with E-state index in [1.165, 1.54) is 0 Å². The largest absolute Gasteiger partial charge is 0.507 e. The van der Waals surface area contributed by atoms with Crippen LogP contribution in [0, 0.1) is 0 Å². The van der Waals surface area contributed by atoms with Gasteiger partial charge in [0.1, 0.15) is 24.1 Å². The van der Waals surface area contributed by atoms with Crippen molar-refractivity contribution in [3.8, 4) is 11.5 Å². The fourth-order valence-corrected chi connectivity index (χ4v) is 2.27.